The maximum atomic E-state index is 14.2. The monoisotopic (exact) mass is 1060 g/mol. The standard InChI is InChI=1S/C44H72N4O25/c49-20-23-32(58)35(61)38(64)41(70-23)67-16-11-45-26(52)19-44(9-12-46(13-10-44)27(53)3-1-2-4-31(57)73-48-29(55)5-6-30(48)56)8-7-28(54)47(14-17-68-42-39(65)36(62)33(59)24(21-50)71-42)15-18-69-43-40(66)37(63)34(60)25(22-51)72-43/h23-25,32-43,49-51,58-66H,1-22H2,(H,45,52)/t23-,24-,25-,32-,33-,34-,35+,36+,37+,38-,39+,40+,41-,42+,43?/m1/s1. The first-order valence-electron chi connectivity index (χ1n) is 24.4. The second kappa shape index (κ2) is 28.4. The number of nitrogens with one attached hydrogen (secondary N) is 1. The Hall–Kier alpha value is -3.70. The first kappa shape index (κ1) is 60.2. The molecular formula is C44H72N4O25. The van der Waals surface area contributed by atoms with Gasteiger partial charge in [0.2, 0.25) is 17.7 Å². The van der Waals surface area contributed by atoms with Crippen molar-refractivity contribution in [1.29, 1.82) is 0 Å². The van der Waals surface area contributed by atoms with E-state index >= 15 is 0 Å². The van der Waals surface area contributed by atoms with Crippen LogP contribution in [0.2, 0.25) is 0 Å². The maximum absolute atomic E-state index is 14.2. The highest BCUT2D eigenvalue weighted by Crippen LogP contribution is 2.40. The molecule has 73 heavy (non-hydrogen) atoms. The molecule has 0 aliphatic carbocycles. The lowest BCUT2D eigenvalue weighted by atomic mass is 9.72. The fourth-order valence-electron chi connectivity index (χ4n) is 9.09. The van der Waals surface area contributed by atoms with Crippen LogP contribution in [0, 0.1) is 5.41 Å². The van der Waals surface area contributed by atoms with Gasteiger partial charge in [0.1, 0.15) is 73.2 Å². The van der Waals surface area contributed by atoms with Gasteiger partial charge >= 0.3 is 5.97 Å². The Balaban J connectivity index is 1.22. The van der Waals surface area contributed by atoms with Gasteiger partial charge in [0.15, 0.2) is 18.9 Å². The summed E-state index contributed by atoms with van der Waals surface area (Å²) in [6.45, 7) is -3.27. The molecule has 5 amide bonds. The summed E-state index contributed by atoms with van der Waals surface area (Å²) in [6, 6.07) is 0. The molecule has 0 bridgehead atoms. The third kappa shape index (κ3) is 16.2. The normalized spacial score (nSPS) is 33.7. The summed E-state index contributed by atoms with van der Waals surface area (Å²) in [6.07, 6.45) is -23.1. The summed E-state index contributed by atoms with van der Waals surface area (Å²) in [5.41, 5.74) is -0.895. The van der Waals surface area contributed by atoms with Gasteiger partial charge in [0.05, 0.1) is 39.6 Å². The van der Waals surface area contributed by atoms with Crippen LogP contribution in [-0.4, -0.2) is 276 Å². The van der Waals surface area contributed by atoms with E-state index in [-0.39, 0.29) is 129 Å². The third-order valence-electron chi connectivity index (χ3n) is 13.7. The number of imide groups is 1. The largest absolute Gasteiger partial charge is 0.394 e. The number of hydrogen-bond donors (Lipinski definition) is 13. The molecule has 29 heteroatoms. The number of piperidine rings is 1. The van der Waals surface area contributed by atoms with Crippen LogP contribution in [0.5, 0.6) is 0 Å². The van der Waals surface area contributed by atoms with Gasteiger partial charge in [0, 0.05) is 71.2 Å². The highest BCUT2D eigenvalue weighted by Gasteiger charge is 2.47. The average molecular weight is 1060 g/mol. The number of aliphatic hydroxyl groups excluding tert-OH is 12. The zero-order valence-corrected chi connectivity index (χ0v) is 40.2. The van der Waals surface area contributed by atoms with Gasteiger partial charge in [-0.3, -0.25) is 24.0 Å². The molecular weight excluding hydrogens is 984 g/mol. The summed E-state index contributed by atoms with van der Waals surface area (Å²) < 4.78 is 32.9. The summed E-state index contributed by atoms with van der Waals surface area (Å²) >= 11 is 0. The number of amides is 5. The molecule has 5 heterocycles. The van der Waals surface area contributed by atoms with E-state index in [1.807, 2.05) is 0 Å². The lowest BCUT2D eigenvalue weighted by molar-refractivity contribution is -0.303. The minimum absolute atomic E-state index is 0.0423. The van der Waals surface area contributed by atoms with Crippen LogP contribution in [0.4, 0.5) is 0 Å². The van der Waals surface area contributed by atoms with Crippen molar-refractivity contribution in [2.24, 2.45) is 5.41 Å². The van der Waals surface area contributed by atoms with E-state index in [2.05, 4.69) is 5.32 Å². The predicted molar refractivity (Wildman–Crippen MR) is 236 cm³/mol. The van der Waals surface area contributed by atoms with E-state index in [1.165, 1.54) is 4.90 Å². The number of carbonyl (C=O) groups excluding carboxylic acids is 6. The van der Waals surface area contributed by atoms with Crippen LogP contribution in [0.1, 0.15) is 70.6 Å². The number of hydroxylamine groups is 2. The molecule has 29 nitrogen and oxygen atoms in total. The van der Waals surface area contributed by atoms with Gasteiger partial charge in [-0.1, -0.05) is 0 Å². The van der Waals surface area contributed by atoms with Gasteiger partial charge in [0.25, 0.3) is 11.8 Å². The zero-order valence-electron chi connectivity index (χ0n) is 40.2. The number of nitrogens with zero attached hydrogens (tertiary/aromatic N) is 3. The van der Waals surface area contributed by atoms with E-state index in [1.54, 1.807) is 4.90 Å². The molecule has 5 aliphatic heterocycles. The van der Waals surface area contributed by atoms with E-state index in [9.17, 15) is 90.0 Å². The smallest absolute Gasteiger partial charge is 0.333 e. The Bertz CT molecular complexity index is 1750. The van der Waals surface area contributed by atoms with Crippen molar-refractivity contribution >= 4 is 35.5 Å². The first-order valence-corrected chi connectivity index (χ1v) is 24.4. The lowest BCUT2D eigenvalue weighted by Crippen LogP contribution is -2.59. The first-order chi connectivity index (χ1) is 34.7. The SMILES string of the molecule is O=C(CC1(CCC(=O)N(CCOC2O[C@H](CO)[C@@H](O)[C@H](O)[C@@H]2O)CCO[C@H]2O[C@H](CO)[C@@H](O)[C@H](O)[C@@H]2O)CCN(C(=O)CCCCC(=O)ON2C(=O)CCC2=O)CC1)NCCO[C@@H]1O[C@H](CO)[C@@H](O)[C@H](O)[C@H]1O. The number of unbranched alkanes of at least 4 members (excludes halogenated alkanes) is 1. The summed E-state index contributed by atoms with van der Waals surface area (Å²) in [5.74, 6) is -3.27. The fourth-order valence-corrected chi connectivity index (χ4v) is 9.09. The third-order valence-corrected chi connectivity index (χ3v) is 13.7. The number of likely N-dealkylation sites (tertiary alicyclic amines) is 1. The molecule has 5 aliphatic rings. The topological polar surface area (TPSA) is 432 Å². The molecule has 0 aromatic rings. The van der Waals surface area contributed by atoms with Crippen molar-refractivity contribution in [3.8, 4) is 0 Å². The van der Waals surface area contributed by atoms with Crippen molar-refractivity contribution in [2.45, 2.75) is 163 Å². The van der Waals surface area contributed by atoms with Gasteiger partial charge in [-0.15, -0.1) is 5.06 Å². The number of carbonyl (C=O) groups is 6. The summed E-state index contributed by atoms with van der Waals surface area (Å²) in [5, 5.41) is 124. The Morgan fingerprint density at radius 1 is 0.603 bits per heavy atom. The molecule has 418 valence electrons. The molecule has 13 N–H and O–H groups in total. The Labute approximate surface area is 418 Å². The van der Waals surface area contributed by atoms with Gasteiger partial charge < -0.3 is 110 Å². The number of rotatable bonds is 26. The number of hydrogen-bond acceptors (Lipinski definition) is 25. The van der Waals surface area contributed by atoms with Crippen LogP contribution in [0.3, 0.4) is 0 Å². The summed E-state index contributed by atoms with van der Waals surface area (Å²) in [4.78, 5) is 84.7. The van der Waals surface area contributed by atoms with Gasteiger partial charge in [-0.25, -0.2) is 4.79 Å². The zero-order chi connectivity index (χ0) is 53.6. The Kier molecular flexibility index (Phi) is 23.4. The fraction of sp³-hybridized carbons (Fsp3) is 0.864. The van der Waals surface area contributed by atoms with E-state index in [0.717, 1.165) is 0 Å². The molecule has 0 saturated carbocycles. The maximum Gasteiger partial charge on any atom is 0.333 e. The highest BCUT2D eigenvalue weighted by atomic mass is 16.7. The molecule has 15 atom stereocenters. The highest BCUT2D eigenvalue weighted by molar-refractivity contribution is 6.01. The van der Waals surface area contributed by atoms with Crippen LogP contribution in [0.25, 0.3) is 0 Å². The van der Waals surface area contributed by atoms with Crippen molar-refractivity contribution in [2.75, 3.05) is 72.4 Å². The van der Waals surface area contributed by atoms with E-state index in [0.29, 0.717) is 5.06 Å². The van der Waals surface area contributed by atoms with Crippen LogP contribution >= 0.6 is 0 Å². The van der Waals surface area contributed by atoms with Gasteiger partial charge in [-0.05, 0) is 37.5 Å². The average Bonchev–Trinajstić information content (AvgIpc) is 3.69. The van der Waals surface area contributed by atoms with Gasteiger partial charge in [-0.2, -0.15) is 0 Å². The van der Waals surface area contributed by atoms with E-state index in [4.69, 9.17) is 33.3 Å². The molecule has 0 aromatic carbocycles. The number of ether oxygens (including phenoxy) is 6. The lowest BCUT2D eigenvalue weighted by Gasteiger charge is -2.42. The molecule has 0 aromatic heterocycles. The molecule has 0 spiro atoms. The predicted octanol–water partition coefficient (Wildman–Crippen LogP) is -7.67. The quantitative estimate of drug-likeness (QED) is 0.0283. The molecule has 1 unspecified atom stereocenters. The molecule has 0 radical (unpaired) electrons. The van der Waals surface area contributed by atoms with Crippen LogP contribution in [0.15, 0.2) is 0 Å². The molecule has 5 rings (SSSR count). The van der Waals surface area contributed by atoms with Crippen LogP contribution < -0.4 is 5.32 Å². The minimum atomic E-state index is -1.75. The minimum Gasteiger partial charge on any atom is -0.394 e. The number of aliphatic hydroxyl groups is 12. The van der Waals surface area contributed by atoms with Crippen molar-refractivity contribution in [3.63, 3.8) is 0 Å². The van der Waals surface area contributed by atoms with E-state index < -0.39 is 147 Å². The molecule has 5 fully saturated rings. The summed E-state index contributed by atoms with van der Waals surface area (Å²) in [7, 11) is 0. The molecule has 5 saturated heterocycles. The van der Waals surface area contributed by atoms with Crippen LogP contribution in [-0.2, 0) is 62.0 Å². The Morgan fingerprint density at radius 2 is 1.04 bits per heavy atom. The Morgan fingerprint density at radius 3 is 1.49 bits per heavy atom. The van der Waals surface area contributed by atoms with Crippen molar-refractivity contribution in [3.05, 3.63) is 0 Å². The second-order valence-corrected chi connectivity index (χ2v) is 18.7. The second-order valence-electron chi connectivity index (χ2n) is 18.7. The van der Waals surface area contributed by atoms with Crippen molar-refractivity contribution in [1.82, 2.24) is 20.2 Å². The van der Waals surface area contributed by atoms with Crippen molar-refractivity contribution < 1.29 is 123 Å².